The van der Waals surface area contributed by atoms with Crippen molar-refractivity contribution in [2.24, 2.45) is 0 Å². The molecule has 0 bridgehead atoms. The lowest BCUT2D eigenvalue weighted by Crippen LogP contribution is -1.97. The number of rotatable bonds is 1. The van der Waals surface area contributed by atoms with Crippen molar-refractivity contribution in [1.82, 2.24) is 9.97 Å². The summed E-state index contributed by atoms with van der Waals surface area (Å²) >= 11 is 0. The zero-order valence-electron chi connectivity index (χ0n) is 8.15. The number of hydrogen-bond donors (Lipinski definition) is 2. The maximum Gasteiger partial charge on any atom is 0.296 e. The van der Waals surface area contributed by atoms with Gasteiger partial charge in [-0.05, 0) is 24.3 Å². The molecule has 0 atom stereocenters. The first-order valence-electron chi connectivity index (χ1n) is 4.06. The van der Waals surface area contributed by atoms with Gasteiger partial charge in [0, 0.05) is 24.8 Å². The Hall–Kier alpha value is -1.37. The van der Waals surface area contributed by atoms with Gasteiger partial charge >= 0.3 is 0 Å². The Labute approximate surface area is 99.7 Å². The van der Waals surface area contributed by atoms with Crippen molar-refractivity contribution in [3.05, 3.63) is 49.1 Å². The third-order valence-electron chi connectivity index (χ3n) is 1.43. The Morgan fingerprint density at radius 2 is 1.81 bits per heavy atom. The molecule has 7 heteroatoms. The van der Waals surface area contributed by atoms with E-state index in [0.29, 0.717) is 0 Å². The van der Waals surface area contributed by atoms with Crippen LogP contribution < -0.4 is 0 Å². The minimum absolute atomic E-state index is 0. The standard InChI is InChI=1S/C5H5NO3S.C4H5N.ClH/c7-10(8,9)5-2-1-3-6-4-5;1-2-4-5-3-1;/h1-4H,(H,7,8,9);1-5H;1H. The highest BCUT2D eigenvalue weighted by Crippen LogP contribution is 2.03. The van der Waals surface area contributed by atoms with Crippen molar-refractivity contribution in [2.45, 2.75) is 4.90 Å². The molecule has 0 aliphatic rings. The molecular weight excluding hydrogens is 252 g/mol. The van der Waals surface area contributed by atoms with E-state index in [-0.39, 0.29) is 17.3 Å². The van der Waals surface area contributed by atoms with Crippen molar-refractivity contribution in [3.8, 4) is 0 Å². The van der Waals surface area contributed by atoms with Crippen LogP contribution in [0.3, 0.4) is 0 Å². The molecule has 0 unspecified atom stereocenters. The Kier molecular flexibility index (Phi) is 6.40. The van der Waals surface area contributed by atoms with Crippen LogP contribution in [-0.2, 0) is 10.1 Å². The van der Waals surface area contributed by atoms with E-state index < -0.39 is 10.1 Å². The number of aromatic nitrogens is 2. The van der Waals surface area contributed by atoms with Crippen molar-refractivity contribution in [1.29, 1.82) is 0 Å². The summed E-state index contributed by atoms with van der Waals surface area (Å²) in [6.07, 6.45) is 6.25. The fourth-order valence-corrected chi connectivity index (χ4v) is 1.22. The van der Waals surface area contributed by atoms with Crippen molar-refractivity contribution < 1.29 is 13.0 Å². The predicted octanol–water partition coefficient (Wildman–Crippen LogP) is 1.76. The van der Waals surface area contributed by atoms with E-state index in [9.17, 15) is 8.42 Å². The lowest BCUT2D eigenvalue weighted by atomic mass is 10.5. The third-order valence-corrected chi connectivity index (χ3v) is 2.27. The highest BCUT2D eigenvalue weighted by atomic mass is 35.5. The van der Waals surface area contributed by atoms with Crippen LogP contribution in [0.1, 0.15) is 0 Å². The minimum atomic E-state index is -4.07. The lowest BCUT2D eigenvalue weighted by Gasteiger charge is -1.91. The molecular formula is C9H11ClN2O3S. The Morgan fingerprint density at radius 1 is 1.19 bits per heavy atom. The van der Waals surface area contributed by atoms with Crippen LogP contribution in [0.2, 0.25) is 0 Å². The molecule has 2 rings (SSSR count). The molecule has 0 aliphatic heterocycles. The van der Waals surface area contributed by atoms with Gasteiger partial charge in [0.2, 0.25) is 0 Å². The second kappa shape index (κ2) is 7.00. The molecule has 16 heavy (non-hydrogen) atoms. The summed E-state index contributed by atoms with van der Waals surface area (Å²) < 4.78 is 29.1. The number of nitrogens with zero attached hydrogens (tertiary/aromatic N) is 1. The number of pyridine rings is 1. The number of H-pyrrole nitrogens is 1. The second-order valence-corrected chi connectivity index (χ2v) is 3.97. The molecule has 0 spiro atoms. The van der Waals surface area contributed by atoms with Crippen LogP contribution in [0.25, 0.3) is 0 Å². The van der Waals surface area contributed by atoms with Gasteiger partial charge in [0.15, 0.2) is 0 Å². The van der Waals surface area contributed by atoms with E-state index in [1.54, 1.807) is 0 Å². The first-order chi connectivity index (χ1) is 7.11. The van der Waals surface area contributed by atoms with Crippen LogP contribution in [0, 0.1) is 0 Å². The summed E-state index contributed by atoms with van der Waals surface area (Å²) in [5.41, 5.74) is 0. The van der Waals surface area contributed by atoms with Gasteiger partial charge in [0.25, 0.3) is 10.1 Å². The van der Waals surface area contributed by atoms with Crippen molar-refractivity contribution >= 4 is 22.5 Å². The SMILES string of the molecule is Cl.O=S(=O)(O)c1cccnc1.c1cc[nH]c1. The summed E-state index contributed by atoms with van der Waals surface area (Å²) in [6, 6.07) is 6.59. The van der Waals surface area contributed by atoms with Gasteiger partial charge in [-0.25, -0.2) is 0 Å². The monoisotopic (exact) mass is 262 g/mol. The molecule has 2 aromatic heterocycles. The maximum atomic E-state index is 10.3. The molecule has 2 heterocycles. The van der Waals surface area contributed by atoms with Crippen LogP contribution >= 0.6 is 12.4 Å². The van der Waals surface area contributed by atoms with Crippen molar-refractivity contribution in [3.63, 3.8) is 0 Å². The van der Waals surface area contributed by atoms with Gasteiger partial charge in [-0.2, -0.15) is 8.42 Å². The van der Waals surface area contributed by atoms with Crippen LogP contribution in [0.5, 0.6) is 0 Å². The minimum Gasteiger partial charge on any atom is -0.368 e. The number of aromatic amines is 1. The van der Waals surface area contributed by atoms with Gasteiger partial charge in [0.1, 0.15) is 4.90 Å². The van der Waals surface area contributed by atoms with Gasteiger partial charge in [-0.15, -0.1) is 12.4 Å². The Balaban J connectivity index is 0.000000318. The van der Waals surface area contributed by atoms with Gasteiger partial charge in [0.05, 0.1) is 0 Å². The maximum absolute atomic E-state index is 10.3. The largest absolute Gasteiger partial charge is 0.368 e. The Bertz CT molecular complexity index is 453. The lowest BCUT2D eigenvalue weighted by molar-refractivity contribution is 0.483. The van der Waals surface area contributed by atoms with Gasteiger partial charge < -0.3 is 4.98 Å². The summed E-state index contributed by atoms with van der Waals surface area (Å²) in [5.74, 6) is 0. The van der Waals surface area contributed by atoms with Gasteiger partial charge in [-0.1, -0.05) is 0 Å². The summed E-state index contributed by atoms with van der Waals surface area (Å²) in [5, 5.41) is 0. The number of nitrogens with one attached hydrogen (secondary N) is 1. The molecule has 88 valence electrons. The fourth-order valence-electron chi connectivity index (χ4n) is 0.777. The molecule has 0 amide bonds. The first kappa shape index (κ1) is 14.6. The van der Waals surface area contributed by atoms with E-state index in [1.165, 1.54) is 18.3 Å². The van der Waals surface area contributed by atoms with Crippen LogP contribution in [0.4, 0.5) is 0 Å². The fraction of sp³-hybridized carbons (Fsp3) is 0. The van der Waals surface area contributed by atoms with E-state index in [0.717, 1.165) is 6.20 Å². The van der Waals surface area contributed by atoms with E-state index in [1.807, 2.05) is 24.5 Å². The molecule has 0 fully saturated rings. The number of halogens is 1. The van der Waals surface area contributed by atoms with Crippen LogP contribution in [0.15, 0.2) is 53.9 Å². The third kappa shape index (κ3) is 5.50. The molecule has 2 aromatic rings. The normalized spacial score (nSPS) is 9.56. The first-order valence-corrected chi connectivity index (χ1v) is 5.50. The Morgan fingerprint density at radius 3 is 2.06 bits per heavy atom. The van der Waals surface area contributed by atoms with Gasteiger partial charge in [-0.3, -0.25) is 9.54 Å². The molecule has 0 aliphatic carbocycles. The van der Waals surface area contributed by atoms with E-state index >= 15 is 0 Å². The van der Waals surface area contributed by atoms with E-state index in [2.05, 4.69) is 9.97 Å². The summed E-state index contributed by atoms with van der Waals surface area (Å²) in [6.45, 7) is 0. The highest BCUT2D eigenvalue weighted by molar-refractivity contribution is 7.85. The quantitative estimate of drug-likeness (QED) is 0.767. The molecule has 0 aromatic carbocycles. The average Bonchev–Trinajstić information content (AvgIpc) is 2.76. The summed E-state index contributed by atoms with van der Waals surface area (Å²) in [7, 11) is -4.07. The molecule has 0 saturated heterocycles. The number of hydrogen-bond acceptors (Lipinski definition) is 3. The average molecular weight is 263 g/mol. The van der Waals surface area contributed by atoms with Crippen LogP contribution in [-0.4, -0.2) is 22.9 Å². The molecule has 0 radical (unpaired) electrons. The highest BCUT2D eigenvalue weighted by Gasteiger charge is 2.06. The van der Waals surface area contributed by atoms with Crippen molar-refractivity contribution in [2.75, 3.05) is 0 Å². The smallest absolute Gasteiger partial charge is 0.296 e. The van der Waals surface area contributed by atoms with E-state index in [4.69, 9.17) is 4.55 Å². The zero-order valence-corrected chi connectivity index (χ0v) is 9.78. The predicted molar refractivity (Wildman–Crippen MR) is 62.1 cm³/mol. The molecule has 0 saturated carbocycles. The zero-order chi connectivity index (χ0) is 11.1. The molecule has 5 nitrogen and oxygen atoms in total. The summed E-state index contributed by atoms with van der Waals surface area (Å²) in [4.78, 5) is 6.19. The second-order valence-electron chi connectivity index (χ2n) is 2.55. The molecule has 2 N–H and O–H groups in total. The topological polar surface area (TPSA) is 83.1 Å².